The molecular formula is C14H18F3N. The molecule has 0 heterocycles. The Morgan fingerprint density at radius 2 is 1.78 bits per heavy atom. The first-order chi connectivity index (χ1) is 8.48. The summed E-state index contributed by atoms with van der Waals surface area (Å²) in [6.45, 7) is 0. The summed E-state index contributed by atoms with van der Waals surface area (Å²) >= 11 is 0. The number of rotatable bonds is 2. The Bertz CT molecular complexity index is 406. The van der Waals surface area contributed by atoms with E-state index in [1.807, 2.05) is 0 Å². The predicted octanol–water partition coefficient (Wildman–Crippen LogP) is 4.41. The van der Waals surface area contributed by atoms with Gasteiger partial charge < -0.3 is 5.73 Å². The summed E-state index contributed by atoms with van der Waals surface area (Å²) in [5, 5.41) is 0. The average Bonchev–Trinajstić information content (AvgIpc) is 2.32. The van der Waals surface area contributed by atoms with E-state index in [2.05, 4.69) is 0 Å². The smallest absolute Gasteiger partial charge is 0.398 e. The monoisotopic (exact) mass is 257 g/mol. The van der Waals surface area contributed by atoms with Crippen molar-refractivity contribution < 1.29 is 13.2 Å². The third-order valence-corrected chi connectivity index (χ3v) is 3.74. The van der Waals surface area contributed by atoms with Crippen molar-refractivity contribution >= 4 is 5.69 Å². The molecule has 100 valence electrons. The van der Waals surface area contributed by atoms with Crippen molar-refractivity contribution in [2.24, 2.45) is 5.92 Å². The molecule has 0 bridgehead atoms. The molecule has 1 aromatic carbocycles. The van der Waals surface area contributed by atoms with Crippen LogP contribution in [0, 0.1) is 5.92 Å². The highest BCUT2D eigenvalue weighted by Crippen LogP contribution is 2.36. The van der Waals surface area contributed by atoms with Crippen LogP contribution in [0.2, 0.25) is 0 Å². The molecule has 2 rings (SSSR count). The van der Waals surface area contributed by atoms with E-state index in [1.54, 1.807) is 6.07 Å². The molecule has 4 heteroatoms. The largest absolute Gasteiger partial charge is 0.418 e. The molecule has 0 unspecified atom stereocenters. The van der Waals surface area contributed by atoms with Gasteiger partial charge in [-0.25, -0.2) is 0 Å². The van der Waals surface area contributed by atoms with Crippen molar-refractivity contribution in [1.82, 2.24) is 0 Å². The Hall–Kier alpha value is -1.19. The van der Waals surface area contributed by atoms with Gasteiger partial charge in [-0.1, -0.05) is 44.2 Å². The van der Waals surface area contributed by atoms with Gasteiger partial charge in [0.2, 0.25) is 0 Å². The van der Waals surface area contributed by atoms with Crippen LogP contribution in [0.4, 0.5) is 18.9 Å². The Morgan fingerprint density at radius 1 is 1.11 bits per heavy atom. The van der Waals surface area contributed by atoms with E-state index in [9.17, 15) is 13.2 Å². The molecule has 0 atom stereocenters. The lowest BCUT2D eigenvalue weighted by atomic mass is 9.84. The van der Waals surface area contributed by atoms with E-state index in [0.717, 1.165) is 18.9 Å². The van der Waals surface area contributed by atoms with E-state index < -0.39 is 11.7 Å². The zero-order valence-corrected chi connectivity index (χ0v) is 10.3. The SMILES string of the molecule is Nc1c(CC2CCCCC2)cccc1C(F)(F)F. The first-order valence-corrected chi connectivity index (χ1v) is 6.43. The lowest BCUT2D eigenvalue weighted by Gasteiger charge is -2.23. The van der Waals surface area contributed by atoms with Crippen molar-refractivity contribution in [3.63, 3.8) is 0 Å². The Kier molecular flexibility index (Phi) is 3.83. The number of anilines is 1. The maximum Gasteiger partial charge on any atom is 0.418 e. The highest BCUT2D eigenvalue weighted by Gasteiger charge is 2.33. The van der Waals surface area contributed by atoms with Gasteiger partial charge in [0, 0.05) is 5.69 Å². The fraction of sp³-hybridized carbons (Fsp3) is 0.571. The Morgan fingerprint density at radius 3 is 2.39 bits per heavy atom. The zero-order valence-electron chi connectivity index (χ0n) is 10.3. The minimum Gasteiger partial charge on any atom is -0.398 e. The standard InChI is InChI=1S/C14H18F3N/c15-14(16,17)12-8-4-7-11(13(12)18)9-10-5-2-1-3-6-10/h4,7-8,10H,1-3,5-6,9,18H2. The molecule has 0 aliphatic heterocycles. The van der Waals surface area contributed by atoms with Gasteiger partial charge in [-0.05, 0) is 24.0 Å². The van der Waals surface area contributed by atoms with Crippen molar-refractivity contribution in [1.29, 1.82) is 0 Å². The van der Waals surface area contributed by atoms with Gasteiger partial charge in [-0.2, -0.15) is 13.2 Å². The number of nitrogens with two attached hydrogens (primary N) is 1. The zero-order chi connectivity index (χ0) is 13.2. The van der Waals surface area contributed by atoms with Gasteiger partial charge in [0.15, 0.2) is 0 Å². The number of nitrogen functional groups attached to an aromatic ring is 1. The topological polar surface area (TPSA) is 26.0 Å². The van der Waals surface area contributed by atoms with Crippen LogP contribution in [0.5, 0.6) is 0 Å². The van der Waals surface area contributed by atoms with Gasteiger partial charge in [0.05, 0.1) is 5.56 Å². The van der Waals surface area contributed by atoms with Gasteiger partial charge in [0.1, 0.15) is 0 Å². The van der Waals surface area contributed by atoms with Gasteiger partial charge in [-0.15, -0.1) is 0 Å². The van der Waals surface area contributed by atoms with Crippen LogP contribution in [-0.2, 0) is 12.6 Å². The minimum atomic E-state index is -4.35. The molecule has 1 nitrogen and oxygen atoms in total. The van der Waals surface area contributed by atoms with E-state index in [-0.39, 0.29) is 5.69 Å². The number of hydrogen-bond donors (Lipinski definition) is 1. The van der Waals surface area contributed by atoms with Crippen LogP contribution in [0.3, 0.4) is 0 Å². The van der Waals surface area contributed by atoms with Crippen LogP contribution < -0.4 is 5.73 Å². The molecular weight excluding hydrogens is 239 g/mol. The summed E-state index contributed by atoms with van der Waals surface area (Å²) in [7, 11) is 0. The van der Waals surface area contributed by atoms with Crippen molar-refractivity contribution in [3.05, 3.63) is 29.3 Å². The second-order valence-electron chi connectivity index (χ2n) is 5.08. The van der Waals surface area contributed by atoms with Crippen LogP contribution in [-0.4, -0.2) is 0 Å². The molecule has 0 aromatic heterocycles. The average molecular weight is 257 g/mol. The fourth-order valence-electron chi connectivity index (χ4n) is 2.74. The molecule has 0 amide bonds. The molecule has 0 spiro atoms. The summed E-state index contributed by atoms with van der Waals surface area (Å²) < 4.78 is 38.2. The molecule has 2 N–H and O–H groups in total. The third-order valence-electron chi connectivity index (χ3n) is 3.74. The van der Waals surface area contributed by atoms with Crippen LogP contribution in [0.1, 0.15) is 43.2 Å². The highest BCUT2D eigenvalue weighted by atomic mass is 19.4. The molecule has 1 saturated carbocycles. The molecule has 1 aliphatic rings. The van der Waals surface area contributed by atoms with E-state index >= 15 is 0 Å². The van der Waals surface area contributed by atoms with Crippen LogP contribution in [0.15, 0.2) is 18.2 Å². The quantitative estimate of drug-likeness (QED) is 0.780. The Balaban J connectivity index is 2.18. The van der Waals surface area contributed by atoms with Gasteiger partial charge in [-0.3, -0.25) is 0 Å². The lowest BCUT2D eigenvalue weighted by molar-refractivity contribution is -0.136. The second-order valence-corrected chi connectivity index (χ2v) is 5.08. The van der Waals surface area contributed by atoms with Gasteiger partial charge in [0.25, 0.3) is 0 Å². The molecule has 1 aliphatic carbocycles. The van der Waals surface area contributed by atoms with Crippen LogP contribution >= 0.6 is 0 Å². The summed E-state index contributed by atoms with van der Waals surface area (Å²) in [5.74, 6) is 0.490. The summed E-state index contributed by atoms with van der Waals surface area (Å²) in [6.07, 6.45) is 2.15. The fourth-order valence-corrected chi connectivity index (χ4v) is 2.74. The van der Waals surface area contributed by atoms with E-state index in [1.165, 1.54) is 25.3 Å². The molecule has 0 saturated heterocycles. The lowest BCUT2D eigenvalue weighted by Crippen LogP contribution is -2.14. The Labute approximate surface area is 105 Å². The summed E-state index contributed by atoms with van der Waals surface area (Å²) in [5.41, 5.74) is 5.53. The first-order valence-electron chi connectivity index (χ1n) is 6.43. The number of para-hydroxylation sites is 1. The third kappa shape index (κ3) is 2.98. The number of alkyl halides is 3. The number of benzene rings is 1. The van der Waals surface area contributed by atoms with Gasteiger partial charge >= 0.3 is 6.18 Å². The van der Waals surface area contributed by atoms with E-state index in [4.69, 9.17) is 5.73 Å². The number of halogens is 3. The molecule has 0 radical (unpaired) electrons. The normalized spacial score (nSPS) is 17.9. The molecule has 18 heavy (non-hydrogen) atoms. The predicted molar refractivity (Wildman–Crippen MR) is 66.1 cm³/mol. The molecule has 1 aromatic rings. The highest BCUT2D eigenvalue weighted by molar-refractivity contribution is 5.55. The van der Waals surface area contributed by atoms with Crippen molar-refractivity contribution in [3.8, 4) is 0 Å². The van der Waals surface area contributed by atoms with Crippen molar-refractivity contribution in [2.75, 3.05) is 5.73 Å². The number of hydrogen-bond acceptors (Lipinski definition) is 1. The maximum absolute atomic E-state index is 12.7. The second kappa shape index (κ2) is 5.21. The van der Waals surface area contributed by atoms with E-state index in [0.29, 0.717) is 17.9 Å². The maximum atomic E-state index is 12.7. The first kappa shape index (κ1) is 13.2. The van der Waals surface area contributed by atoms with Crippen molar-refractivity contribution in [2.45, 2.75) is 44.7 Å². The summed E-state index contributed by atoms with van der Waals surface area (Å²) in [4.78, 5) is 0. The molecule has 1 fully saturated rings. The van der Waals surface area contributed by atoms with Crippen LogP contribution in [0.25, 0.3) is 0 Å². The minimum absolute atomic E-state index is 0.0874. The summed E-state index contributed by atoms with van der Waals surface area (Å²) in [6, 6.07) is 4.23.